The van der Waals surface area contributed by atoms with Crippen LogP contribution < -0.4 is 0 Å². The van der Waals surface area contributed by atoms with Gasteiger partial charge in [-0.1, -0.05) is 30.3 Å². The van der Waals surface area contributed by atoms with Crippen LogP contribution in [0.25, 0.3) is 0 Å². The Balaban J connectivity index is 1.91. The van der Waals surface area contributed by atoms with Crippen LogP contribution in [0.15, 0.2) is 30.3 Å². The van der Waals surface area contributed by atoms with E-state index in [2.05, 4.69) is 24.1 Å². The largest absolute Gasteiger partial charge is 0.375 e. The van der Waals surface area contributed by atoms with Crippen LogP contribution in [0.4, 0.5) is 0 Å². The van der Waals surface area contributed by atoms with E-state index < -0.39 is 0 Å². The van der Waals surface area contributed by atoms with Crippen molar-refractivity contribution < 1.29 is 9.53 Å². The Labute approximate surface area is 134 Å². The average molecular weight is 304 g/mol. The first-order valence-corrected chi connectivity index (χ1v) is 8.18. The maximum atomic E-state index is 12.3. The topological polar surface area (TPSA) is 32.8 Å². The number of rotatable bonds is 7. The third-order valence-corrected chi connectivity index (χ3v) is 4.33. The zero-order chi connectivity index (χ0) is 15.8. The monoisotopic (exact) mass is 304 g/mol. The molecule has 1 saturated heterocycles. The Morgan fingerprint density at radius 1 is 1.36 bits per heavy atom. The number of carbonyl (C=O) groups excluding carboxylic acids is 1. The van der Waals surface area contributed by atoms with Crippen molar-refractivity contribution in [3.05, 3.63) is 35.9 Å². The molecule has 2 rings (SSSR count). The average Bonchev–Trinajstić information content (AvgIpc) is 2.52. The normalized spacial score (nSPS) is 19.1. The molecule has 0 N–H and O–H groups in total. The molecule has 0 radical (unpaired) electrons. The Hall–Kier alpha value is -1.39. The maximum absolute atomic E-state index is 12.3. The van der Waals surface area contributed by atoms with Gasteiger partial charge < -0.3 is 14.5 Å². The first kappa shape index (κ1) is 17.0. The first-order chi connectivity index (χ1) is 10.7. The SMILES string of the molecule is COCC(=O)N(CCc1ccccc1)C[C@@H]1CCCN(C)C1. The van der Waals surface area contributed by atoms with Gasteiger partial charge in [0, 0.05) is 26.7 Å². The van der Waals surface area contributed by atoms with Crippen molar-refractivity contribution in [2.75, 3.05) is 46.9 Å². The van der Waals surface area contributed by atoms with E-state index in [1.807, 2.05) is 23.1 Å². The summed E-state index contributed by atoms with van der Waals surface area (Å²) >= 11 is 0. The number of carbonyl (C=O) groups is 1. The molecular weight excluding hydrogens is 276 g/mol. The fourth-order valence-corrected chi connectivity index (χ4v) is 3.18. The van der Waals surface area contributed by atoms with Crippen LogP contribution in [-0.4, -0.2) is 62.7 Å². The lowest BCUT2D eigenvalue weighted by Crippen LogP contribution is -2.43. The van der Waals surface area contributed by atoms with Crippen LogP contribution in [-0.2, 0) is 16.0 Å². The predicted octanol–water partition coefficient (Wildman–Crippen LogP) is 2.05. The van der Waals surface area contributed by atoms with E-state index in [9.17, 15) is 4.79 Å². The molecule has 4 heteroatoms. The van der Waals surface area contributed by atoms with Crippen molar-refractivity contribution in [1.29, 1.82) is 0 Å². The zero-order valence-corrected chi connectivity index (χ0v) is 13.8. The molecule has 1 aromatic rings. The van der Waals surface area contributed by atoms with Gasteiger partial charge >= 0.3 is 0 Å². The Morgan fingerprint density at radius 3 is 2.82 bits per heavy atom. The number of methoxy groups -OCH3 is 1. The summed E-state index contributed by atoms with van der Waals surface area (Å²) in [6, 6.07) is 10.4. The lowest BCUT2D eigenvalue weighted by atomic mass is 9.97. The fraction of sp³-hybridized carbons (Fsp3) is 0.611. The standard InChI is InChI=1S/C18H28N2O2/c1-19-11-6-9-17(13-19)14-20(18(21)15-22-2)12-10-16-7-4-3-5-8-16/h3-5,7-8,17H,6,9-15H2,1-2H3/t17-/m1/s1. The molecule has 1 amide bonds. The highest BCUT2D eigenvalue weighted by molar-refractivity contribution is 5.77. The van der Waals surface area contributed by atoms with Gasteiger partial charge in [0.2, 0.25) is 5.91 Å². The van der Waals surface area contributed by atoms with Gasteiger partial charge in [-0.05, 0) is 44.3 Å². The summed E-state index contributed by atoms with van der Waals surface area (Å²) in [6.07, 6.45) is 3.34. The summed E-state index contributed by atoms with van der Waals surface area (Å²) < 4.78 is 5.05. The van der Waals surface area contributed by atoms with Gasteiger partial charge in [-0.25, -0.2) is 0 Å². The van der Waals surface area contributed by atoms with E-state index in [0.717, 1.165) is 26.1 Å². The van der Waals surface area contributed by atoms with Gasteiger partial charge in [-0.15, -0.1) is 0 Å². The van der Waals surface area contributed by atoms with Crippen LogP contribution in [0.1, 0.15) is 18.4 Å². The van der Waals surface area contributed by atoms with Crippen LogP contribution in [0.3, 0.4) is 0 Å². The predicted molar refractivity (Wildman–Crippen MR) is 88.8 cm³/mol. The van der Waals surface area contributed by atoms with E-state index in [4.69, 9.17) is 4.74 Å². The van der Waals surface area contributed by atoms with Crippen LogP contribution in [0.2, 0.25) is 0 Å². The summed E-state index contributed by atoms with van der Waals surface area (Å²) in [4.78, 5) is 16.7. The summed E-state index contributed by atoms with van der Waals surface area (Å²) in [5, 5.41) is 0. The second-order valence-corrected chi connectivity index (χ2v) is 6.28. The van der Waals surface area contributed by atoms with Crippen molar-refractivity contribution in [2.24, 2.45) is 5.92 Å². The van der Waals surface area contributed by atoms with Gasteiger partial charge in [0.1, 0.15) is 6.61 Å². The highest BCUT2D eigenvalue weighted by atomic mass is 16.5. The molecule has 0 aliphatic carbocycles. The minimum Gasteiger partial charge on any atom is -0.375 e. The van der Waals surface area contributed by atoms with E-state index in [1.54, 1.807) is 7.11 Å². The minimum absolute atomic E-state index is 0.103. The molecule has 0 spiro atoms. The van der Waals surface area contributed by atoms with Crippen LogP contribution in [0.5, 0.6) is 0 Å². The van der Waals surface area contributed by atoms with Gasteiger partial charge in [-0.2, -0.15) is 0 Å². The van der Waals surface area contributed by atoms with Crippen LogP contribution in [0, 0.1) is 5.92 Å². The van der Waals surface area contributed by atoms with Gasteiger partial charge in [0.05, 0.1) is 0 Å². The Bertz CT molecular complexity index is 450. The number of nitrogens with zero attached hydrogens (tertiary/aromatic N) is 2. The molecule has 0 aromatic heterocycles. The Morgan fingerprint density at radius 2 is 2.14 bits per heavy atom. The molecular formula is C18H28N2O2. The molecule has 1 heterocycles. The van der Waals surface area contributed by atoms with Crippen molar-refractivity contribution in [3.63, 3.8) is 0 Å². The lowest BCUT2D eigenvalue weighted by molar-refractivity contribution is -0.136. The molecule has 1 atom stereocenters. The molecule has 22 heavy (non-hydrogen) atoms. The summed E-state index contributed by atoms with van der Waals surface area (Å²) in [6.45, 7) is 4.05. The second-order valence-electron chi connectivity index (χ2n) is 6.28. The maximum Gasteiger partial charge on any atom is 0.248 e. The number of benzene rings is 1. The smallest absolute Gasteiger partial charge is 0.248 e. The summed E-state index contributed by atoms with van der Waals surface area (Å²) in [5.41, 5.74) is 1.28. The number of piperidine rings is 1. The van der Waals surface area contributed by atoms with E-state index in [-0.39, 0.29) is 12.5 Å². The minimum atomic E-state index is 0.103. The quantitative estimate of drug-likeness (QED) is 0.773. The van der Waals surface area contributed by atoms with Crippen molar-refractivity contribution in [1.82, 2.24) is 9.80 Å². The molecule has 1 aromatic carbocycles. The highest BCUT2D eigenvalue weighted by Gasteiger charge is 2.22. The highest BCUT2D eigenvalue weighted by Crippen LogP contribution is 2.17. The molecule has 1 fully saturated rings. The molecule has 1 aliphatic rings. The van der Waals surface area contributed by atoms with Gasteiger partial charge in [0.25, 0.3) is 0 Å². The van der Waals surface area contributed by atoms with Crippen LogP contribution >= 0.6 is 0 Å². The van der Waals surface area contributed by atoms with Crippen molar-refractivity contribution in [3.8, 4) is 0 Å². The third kappa shape index (κ3) is 5.43. The molecule has 122 valence electrons. The van der Waals surface area contributed by atoms with Crippen molar-refractivity contribution >= 4 is 5.91 Å². The van der Waals surface area contributed by atoms with Gasteiger partial charge in [-0.3, -0.25) is 4.79 Å². The molecule has 0 unspecified atom stereocenters. The molecule has 0 saturated carbocycles. The van der Waals surface area contributed by atoms with E-state index in [1.165, 1.54) is 24.9 Å². The number of hydrogen-bond acceptors (Lipinski definition) is 3. The summed E-state index contributed by atoms with van der Waals surface area (Å²) in [5.74, 6) is 0.682. The number of ether oxygens (including phenoxy) is 1. The number of amides is 1. The second kappa shape index (κ2) is 8.91. The van der Waals surface area contributed by atoms with Gasteiger partial charge in [0.15, 0.2) is 0 Å². The van der Waals surface area contributed by atoms with E-state index >= 15 is 0 Å². The molecule has 4 nitrogen and oxygen atoms in total. The number of hydrogen-bond donors (Lipinski definition) is 0. The number of likely N-dealkylation sites (tertiary alicyclic amines) is 1. The summed E-state index contributed by atoms with van der Waals surface area (Å²) in [7, 11) is 3.75. The zero-order valence-electron chi connectivity index (χ0n) is 13.8. The lowest BCUT2D eigenvalue weighted by Gasteiger charge is -2.34. The first-order valence-electron chi connectivity index (χ1n) is 8.18. The van der Waals surface area contributed by atoms with Crippen molar-refractivity contribution in [2.45, 2.75) is 19.3 Å². The Kier molecular flexibility index (Phi) is 6.87. The van der Waals surface area contributed by atoms with E-state index in [0.29, 0.717) is 5.92 Å². The molecule has 0 bridgehead atoms. The third-order valence-electron chi connectivity index (χ3n) is 4.33. The fourth-order valence-electron chi connectivity index (χ4n) is 3.18. The molecule has 1 aliphatic heterocycles.